The van der Waals surface area contributed by atoms with Crippen molar-refractivity contribution in [1.29, 1.82) is 0 Å². The number of aromatic nitrogens is 1. The molecule has 1 N–H and O–H groups in total. The van der Waals surface area contributed by atoms with Crippen LogP contribution in [0.5, 0.6) is 0 Å². The highest BCUT2D eigenvalue weighted by Gasteiger charge is 2.19. The van der Waals surface area contributed by atoms with Crippen LogP contribution in [0.3, 0.4) is 0 Å². The molecule has 6 nitrogen and oxygen atoms in total. The van der Waals surface area contributed by atoms with Crippen LogP contribution in [0, 0.1) is 11.8 Å². The smallest absolute Gasteiger partial charge is 0.273 e. The van der Waals surface area contributed by atoms with Crippen molar-refractivity contribution >= 4 is 23.2 Å². The summed E-state index contributed by atoms with van der Waals surface area (Å²) in [5.74, 6) is 1.21. The lowest BCUT2D eigenvalue weighted by Gasteiger charge is -2.22. The van der Waals surface area contributed by atoms with Crippen LogP contribution in [0.2, 0.25) is 0 Å². The van der Waals surface area contributed by atoms with E-state index in [-0.39, 0.29) is 24.1 Å². The highest BCUT2D eigenvalue weighted by Crippen LogP contribution is 2.14. The average molecular weight is 406 g/mol. The summed E-state index contributed by atoms with van der Waals surface area (Å²) in [5, 5.41) is 4.82. The Morgan fingerprint density at radius 2 is 1.96 bits per heavy atom. The lowest BCUT2D eigenvalue weighted by Crippen LogP contribution is -2.33. The van der Waals surface area contributed by atoms with Crippen LogP contribution in [-0.2, 0) is 17.8 Å². The van der Waals surface area contributed by atoms with Gasteiger partial charge in [0.05, 0.1) is 13.0 Å². The second-order valence-electron chi connectivity index (χ2n) is 7.82. The van der Waals surface area contributed by atoms with Gasteiger partial charge in [-0.25, -0.2) is 4.98 Å². The summed E-state index contributed by atoms with van der Waals surface area (Å²) < 4.78 is 5.47. The first kappa shape index (κ1) is 22.1. The van der Waals surface area contributed by atoms with E-state index in [0.717, 1.165) is 17.7 Å². The first-order valence-corrected chi connectivity index (χ1v) is 10.8. The van der Waals surface area contributed by atoms with Crippen molar-refractivity contribution < 1.29 is 14.0 Å². The van der Waals surface area contributed by atoms with Crippen molar-refractivity contribution in [3.05, 3.63) is 40.2 Å². The monoisotopic (exact) mass is 405 g/mol. The molecule has 2 aromatic heterocycles. The first-order valence-electron chi connectivity index (χ1n) is 9.88. The standard InChI is InChI=1S/C21H31N3O3S/c1-15(2)7-9-22-21(26)18-14-27-19(23-18)13-24(10-8-16(3)4)20(25)12-17-6-5-11-28-17/h5-6,11,14-16H,7-10,12-13H2,1-4H3,(H,22,26). The van der Waals surface area contributed by atoms with Crippen LogP contribution >= 0.6 is 11.3 Å². The Labute approximate surface area is 171 Å². The summed E-state index contributed by atoms with van der Waals surface area (Å²) in [6, 6.07) is 3.91. The van der Waals surface area contributed by atoms with Gasteiger partial charge >= 0.3 is 0 Å². The fraction of sp³-hybridized carbons (Fsp3) is 0.571. The number of amides is 2. The lowest BCUT2D eigenvalue weighted by molar-refractivity contribution is -0.131. The number of thiophene rings is 1. The van der Waals surface area contributed by atoms with Crippen molar-refractivity contribution in [3.63, 3.8) is 0 Å². The van der Waals surface area contributed by atoms with E-state index in [9.17, 15) is 9.59 Å². The number of nitrogens with one attached hydrogen (secondary N) is 1. The molecule has 0 aromatic carbocycles. The normalized spacial score (nSPS) is 11.2. The SMILES string of the molecule is CC(C)CCNC(=O)c1coc(CN(CCC(C)C)C(=O)Cc2cccs2)n1. The zero-order valence-corrected chi connectivity index (χ0v) is 18.1. The van der Waals surface area contributed by atoms with Crippen molar-refractivity contribution in [1.82, 2.24) is 15.2 Å². The van der Waals surface area contributed by atoms with Gasteiger partial charge in [0, 0.05) is 18.0 Å². The van der Waals surface area contributed by atoms with Gasteiger partial charge in [-0.05, 0) is 36.1 Å². The highest BCUT2D eigenvalue weighted by atomic mass is 32.1. The molecule has 0 fully saturated rings. The summed E-state index contributed by atoms with van der Waals surface area (Å²) in [5.41, 5.74) is 0.258. The van der Waals surface area contributed by atoms with Gasteiger partial charge in [0.15, 0.2) is 5.69 Å². The lowest BCUT2D eigenvalue weighted by atomic mass is 10.1. The molecule has 2 aromatic rings. The van der Waals surface area contributed by atoms with Crippen molar-refractivity contribution in [2.45, 2.75) is 53.5 Å². The number of oxazole rings is 1. The van der Waals surface area contributed by atoms with Crippen LogP contribution in [0.4, 0.5) is 0 Å². The van der Waals surface area contributed by atoms with Gasteiger partial charge in [0.25, 0.3) is 5.91 Å². The number of nitrogens with zero attached hydrogens (tertiary/aromatic N) is 2. The number of hydrogen-bond donors (Lipinski definition) is 1. The molecule has 2 heterocycles. The summed E-state index contributed by atoms with van der Waals surface area (Å²) in [6.07, 6.45) is 3.56. The maximum Gasteiger partial charge on any atom is 0.273 e. The minimum absolute atomic E-state index is 0.0456. The quantitative estimate of drug-likeness (QED) is 0.610. The van der Waals surface area contributed by atoms with E-state index < -0.39 is 0 Å². The topological polar surface area (TPSA) is 75.4 Å². The summed E-state index contributed by atoms with van der Waals surface area (Å²) >= 11 is 1.58. The van der Waals surface area contributed by atoms with E-state index in [2.05, 4.69) is 38.0 Å². The van der Waals surface area contributed by atoms with E-state index in [1.54, 1.807) is 16.2 Å². The maximum atomic E-state index is 12.8. The average Bonchev–Trinajstić information content (AvgIpc) is 3.29. The largest absolute Gasteiger partial charge is 0.446 e. The van der Waals surface area contributed by atoms with Gasteiger partial charge < -0.3 is 14.6 Å². The van der Waals surface area contributed by atoms with E-state index in [1.165, 1.54) is 6.26 Å². The van der Waals surface area contributed by atoms with E-state index in [0.29, 0.717) is 37.2 Å². The fourth-order valence-corrected chi connectivity index (χ4v) is 3.29. The molecule has 0 bridgehead atoms. The third-order valence-corrected chi connectivity index (χ3v) is 5.23. The zero-order valence-electron chi connectivity index (χ0n) is 17.2. The zero-order chi connectivity index (χ0) is 20.5. The molecule has 2 amide bonds. The number of carbonyl (C=O) groups excluding carboxylic acids is 2. The predicted octanol–water partition coefficient (Wildman–Crippen LogP) is 4.13. The van der Waals surface area contributed by atoms with Crippen molar-refractivity contribution in [2.24, 2.45) is 11.8 Å². The molecule has 0 aliphatic rings. The summed E-state index contributed by atoms with van der Waals surface area (Å²) in [6.45, 7) is 10.0. The minimum atomic E-state index is -0.241. The molecule has 0 saturated carbocycles. The Balaban J connectivity index is 1.97. The van der Waals surface area contributed by atoms with Crippen LogP contribution in [0.15, 0.2) is 28.2 Å². The summed E-state index contributed by atoms with van der Waals surface area (Å²) in [4.78, 5) is 32.0. The second-order valence-corrected chi connectivity index (χ2v) is 8.85. The van der Waals surface area contributed by atoms with Gasteiger partial charge in [-0.15, -0.1) is 11.3 Å². The summed E-state index contributed by atoms with van der Waals surface area (Å²) in [7, 11) is 0. The number of rotatable bonds is 11. The number of carbonyl (C=O) groups is 2. The predicted molar refractivity (Wildman–Crippen MR) is 111 cm³/mol. The molecule has 7 heteroatoms. The Hall–Kier alpha value is -2.15. The third-order valence-electron chi connectivity index (χ3n) is 4.35. The molecule has 0 aliphatic heterocycles. The van der Waals surface area contributed by atoms with Gasteiger partial charge in [-0.2, -0.15) is 0 Å². The van der Waals surface area contributed by atoms with Crippen LogP contribution in [0.25, 0.3) is 0 Å². The van der Waals surface area contributed by atoms with E-state index in [1.807, 2.05) is 17.5 Å². The third kappa shape index (κ3) is 7.46. The molecular formula is C21H31N3O3S. The minimum Gasteiger partial charge on any atom is -0.446 e. The molecule has 2 rings (SSSR count). The van der Waals surface area contributed by atoms with Gasteiger partial charge in [0.2, 0.25) is 11.8 Å². The van der Waals surface area contributed by atoms with Crippen molar-refractivity contribution in [2.75, 3.05) is 13.1 Å². The molecule has 28 heavy (non-hydrogen) atoms. The molecule has 0 atom stereocenters. The Morgan fingerprint density at radius 3 is 2.61 bits per heavy atom. The molecule has 0 saturated heterocycles. The van der Waals surface area contributed by atoms with Gasteiger partial charge in [-0.1, -0.05) is 33.8 Å². The highest BCUT2D eigenvalue weighted by molar-refractivity contribution is 7.10. The van der Waals surface area contributed by atoms with E-state index >= 15 is 0 Å². The molecule has 0 radical (unpaired) electrons. The Kier molecular flexibility index (Phi) is 8.70. The first-order chi connectivity index (χ1) is 13.3. The number of hydrogen-bond acceptors (Lipinski definition) is 5. The second kappa shape index (κ2) is 11.0. The molecule has 0 aliphatic carbocycles. The van der Waals surface area contributed by atoms with Crippen LogP contribution < -0.4 is 5.32 Å². The molecule has 0 spiro atoms. The Bertz CT molecular complexity index is 738. The molecular weight excluding hydrogens is 374 g/mol. The van der Waals surface area contributed by atoms with Crippen molar-refractivity contribution in [3.8, 4) is 0 Å². The Morgan fingerprint density at radius 1 is 1.21 bits per heavy atom. The molecule has 0 unspecified atom stereocenters. The van der Waals surface area contributed by atoms with Crippen LogP contribution in [0.1, 0.15) is 61.8 Å². The van der Waals surface area contributed by atoms with Gasteiger partial charge in [0.1, 0.15) is 6.26 Å². The fourth-order valence-electron chi connectivity index (χ4n) is 2.60. The molecule has 154 valence electrons. The van der Waals surface area contributed by atoms with Gasteiger partial charge in [-0.3, -0.25) is 9.59 Å². The van der Waals surface area contributed by atoms with Crippen LogP contribution in [-0.4, -0.2) is 34.8 Å². The maximum absolute atomic E-state index is 12.8. The van der Waals surface area contributed by atoms with E-state index in [4.69, 9.17) is 4.42 Å².